The molecule has 2 spiro atoms. The van der Waals surface area contributed by atoms with Gasteiger partial charge in [0.15, 0.2) is 5.78 Å². The van der Waals surface area contributed by atoms with Gasteiger partial charge in [-0.05, 0) is 31.6 Å². The largest absolute Gasteiger partial charge is 0.465 e. The van der Waals surface area contributed by atoms with Gasteiger partial charge in [-0.1, -0.05) is 13.3 Å². The molecular formula is C23H34O8. The average Bonchev–Trinajstić information content (AvgIpc) is 2.91. The zero-order valence-corrected chi connectivity index (χ0v) is 18.5. The summed E-state index contributed by atoms with van der Waals surface area (Å²) in [5, 5.41) is 35.0. The highest BCUT2D eigenvalue weighted by Crippen LogP contribution is 2.76. The van der Waals surface area contributed by atoms with E-state index in [4.69, 9.17) is 14.2 Å². The van der Waals surface area contributed by atoms with Gasteiger partial charge in [0, 0.05) is 42.6 Å². The molecule has 0 radical (unpaired) electrons. The summed E-state index contributed by atoms with van der Waals surface area (Å²) in [5.74, 6) is -4.10. The summed E-state index contributed by atoms with van der Waals surface area (Å²) in [5.41, 5.74) is -2.60. The van der Waals surface area contributed by atoms with E-state index < -0.39 is 58.0 Å². The Labute approximate surface area is 182 Å². The van der Waals surface area contributed by atoms with Crippen LogP contribution in [0.4, 0.5) is 0 Å². The Balaban J connectivity index is 1.65. The second-order valence-corrected chi connectivity index (χ2v) is 11.1. The van der Waals surface area contributed by atoms with E-state index in [1.165, 1.54) is 6.92 Å². The molecule has 6 fully saturated rings. The predicted molar refractivity (Wildman–Crippen MR) is 106 cm³/mol. The van der Waals surface area contributed by atoms with Crippen LogP contribution in [-0.4, -0.2) is 72.0 Å². The molecule has 2 saturated heterocycles. The highest BCUT2D eigenvalue weighted by molar-refractivity contribution is 5.92. The number of hydrogen-bond donors (Lipinski definition) is 3. The second-order valence-electron chi connectivity index (χ2n) is 11.1. The fraction of sp³-hybridized carbons (Fsp3) is 0.913. The Bertz CT molecular complexity index is 800. The normalized spacial score (nSPS) is 55.0. The van der Waals surface area contributed by atoms with Crippen molar-refractivity contribution >= 4 is 11.8 Å². The van der Waals surface area contributed by atoms with Gasteiger partial charge in [-0.25, -0.2) is 0 Å². The molecule has 4 aliphatic carbocycles. The molecule has 6 aliphatic rings. The van der Waals surface area contributed by atoms with Crippen molar-refractivity contribution in [3.63, 3.8) is 0 Å². The fourth-order valence-electron chi connectivity index (χ4n) is 8.81. The van der Waals surface area contributed by atoms with Gasteiger partial charge in [-0.3, -0.25) is 9.59 Å². The molecule has 4 saturated carbocycles. The first-order valence-electron chi connectivity index (χ1n) is 11.5. The number of aliphatic hydroxyl groups is 3. The Morgan fingerprint density at radius 1 is 1.26 bits per heavy atom. The number of methoxy groups -OCH3 is 1. The standard InChI is InChI=1S/C23H34O8/c1-12(24)30-10-20(2)5-4-6-21-11-31-23(28,19(27)17(20)21)22-8-13(7-15(25)16(21)22)14(9-29-3)18(22)26/h13-17,19,25,27-28H,4-11H2,1-3H3/t13-,14-,15-,16+,17-,19+,20+,21-,22+,23-/m1/s1. The number of fused-ring (bicyclic) bond motifs is 2. The average molecular weight is 439 g/mol. The fourth-order valence-corrected chi connectivity index (χ4v) is 8.81. The molecular weight excluding hydrogens is 404 g/mol. The maximum Gasteiger partial charge on any atom is 0.302 e. The lowest BCUT2D eigenvalue weighted by atomic mass is 9.36. The van der Waals surface area contributed by atoms with Gasteiger partial charge >= 0.3 is 5.97 Å². The molecule has 2 aliphatic heterocycles. The first-order chi connectivity index (χ1) is 14.6. The van der Waals surface area contributed by atoms with Crippen LogP contribution in [-0.2, 0) is 23.8 Å². The molecule has 8 heteroatoms. The van der Waals surface area contributed by atoms with Gasteiger partial charge in [0.2, 0.25) is 5.79 Å². The lowest BCUT2D eigenvalue weighted by molar-refractivity contribution is -0.446. The van der Waals surface area contributed by atoms with Crippen molar-refractivity contribution in [1.82, 2.24) is 0 Å². The van der Waals surface area contributed by atoms with Gasteiger partial charge in [0.25, 0.3) is 0 Å². The van der Waals surface area contributed by atoms with Crippen LogP contribution in [0.15, 0.2) is 0 Å². The van der Waals surface area contributed by atoms with Gasteiger partial charge in [0.05, 0.1) is 31.3 Å². The van der Waals surface area contributed by atoms with Crippen LogP contribution >= 0.6 is 0 Å². The SMILES string of the molecule is COC[C@H]1C(=O)[C@]23C[C@H]1C[C@@H](O)[C@H]2[C@]12CCC[C@@](C)(COC(C)=O)[C@H]1[C@H](O)[C@@]3(O)OC2. The van der Waals surface area contributed by atoms with E-state index >= 15 is 0 Å². The Morgan fingerprint density at radius 2 is 2.00 bits per heavy atom. The van der Waals surface area contributed by atoms with Crippen LogP contribution in [0.25, 0.3) is 0 Å². The molecule has 4 bridgehead atoms. The number of aliphatic hydroxyl groups excluding tert-OH is 2. The first-order valence-corrected chi connectivity index (χ1v) is 11.5. The maximum absolute atomic E-state index is 13.9. The molecule has 6 rings (SSSR count). The molecule has 0 aromatic rings. The zero-order chi connectivity index (χ0) is 22.4. The molecule has 2 heterocycles. The summed E-state index contributed by atoms with van der Waals surface area (Å²) < 4.78 is 16.7. The van der Waals surface area contributed by atoms with Crippen molar-refractivity contribution in [2.75, 3.05) is 26.9 Å². The summed E-state index contributed by atoms with van der Waals surface area (Å²) >= 11 is 0. The molecule has 31 heavy (non-hydrogen) atoms. The minimum atomic E-state index is -2.07. The van der Waals surface area contributed by atoms with Crippen LogP contribution in [0.1, 0.15) is 46.0 Å². The number of rotatable bonds is 4. The number of Topliss-reactive ketones (excluding diaryl/α,β-unsaturated/α-hetero) is 1. The Hall–Kier alpha value is -1.06. The van der Waals surface area contributed by atoms with E-state index in [0.29, 0.717) is 19.3 Å². The van der Waals surface area contributed by atoms with Crippen LogP contribution in [0.3, 0.4) is 0 Å². The summed E-state index contributed by atoms with van der Waals surface area (Å²) in [6.45, 7) is 3.87. The van der Waals surface area contributed by atoms with Crippen molar-refractivity contribution in [3.05, 3.63) is 0 Å². The number of carbonyl (C=O) groups is 2. The quantitative estimate of drug-likeness (QED) is 0.547. The van der Waals surface area contributed by atoms with Crippen molar-refractivity contribution < 1.29 is 39.1 Å². The van der Waals surface area contributed by atoms with Crippen LogP contribution in [0, 0.1) is 39.9 Å². The van der Waals surface area contributed by atoms with Crippen molar-refractivity contribution in [1.29, 1.82) is 0 Å². The molecule has 174 valence electrons. The Morgan fingerprint density at radius 3 is 2.68 bits per heavy atom. The maximum atomic E-state index is 13.9. The second kappa shape index (κ2) is 6.73. The third-order valence-electron chi connectivity index (χ3n) is 9.64. The minimum absolute atomic E-state index is 0.108. The zero-order valence-electron chi connectivity index (χ0n) is 18.5. The number of carbonyl (C=O) groups excluding carboxylic acids is 2. The lowest BCUT2D eigenvalue weighted by Crippen LogP contribution is -2.83. The summed E-state index contributed by atoms with van der Waals surface area (Å²) in [7, 11) is 1.55. The smallest absolute Gasteiger partial charge is 0.302 e. The van der Waals surface area contributed by atoms with Crippen molar-refractivity contribution in [3.8, 4) is 0 Å². The van der Waals surface area contributed by atoms with E-state index in [0.717, 1.165) is 12.8 Å². The van der Waals surface area contributed by atoms with Gasteiger partial charge < -0.3 is 29.5 Å². The third-order valence-corrected chi connectivity index (χ3v) is 9.64. The molecule has 8 nitrogen and oxygen atoms in total. The van der Waals surface area contributed by atoms with Crippen LogP contribution < -0.4 is 0 Å². The summed E-state index contributed by atoms with van der Waals surface area (Å²) in [4.78, 5) is 25.4. The molecule has 10 atom stereocenters. The van der Waals surface area contributed by atoms with Gasteiger partial charge in [0.1, 0.15) is 6.10 Å². The first kappa shape index (κ1) is 21.8. The Kier molecular flexibility index (Phi) is 4.73. The number of esters is 1. The number of hydrogen-bond acceptors (Lipinski definition) is 8. The number of ketones is 1. The highest BCUT2D eigenvalue weighted by atomic mass is 16.6. The van der Waals surface area contributed by atoms with E-state index in [2.05, 4.69) is 0 Å². The topological polar surface area (TPSA) is 123 Å². The van der Waals surface area contributed by atoms with E-state index in [9.17, 15) is 24.9 Å². The van der Waals surface area contributed by atoms with Crippen molar-refractivity contribution in [2.45, 2.75) is 63.9 Å². The van der Waals surface area contributed by atoms with E-state index in [1.807, 2.05) is 6.92 Å². The highest BCUT2D eigenvalue weighted by Gasteiger charge is 2.85. The monoisotopic (exact) mass is 438 g/mol. The number of ether oxygens (including phenoxy) is 3. The summed E-state index contributed by atoms with van der Waals surface area (Å²) in [6.07, 6.45) is 1.01. The lowest BCUT2D eigenvalue weighted by Gasteiger charge is -2.74. The van der Waals surface area contributed by atoms with Crippen LogP contribution in [0.2, 0.25) is 0 Å². The summed E-state index contributed by atoms with van der Waals surface area (Å²) in [6, 6.07) is 0. The van der Waals surface area contributed by atoms with Gasteiger partial charge in [-0.2, -0.15) is 0 Å². The molecule has 0 aromatic carbocycles. The molecule has 3 N–H and O–H groups in total. The minimum Gasteiger partial charge on any atom is -0.465 e. The van der Waals surface area contributed by atoms with E-state index in [1.54, 1.807) is 7.11 Å². The molecule has 0 amide bonds. The van der Waals surface area contributed by atoms with Crippen LogP contribution in [0.5, 0.6) is 0 Å². The molecule has 0 aromatic heterocycles. The van der Waals surface area contributed by atoms with Gasteiger partial charge in [-0.15, -0.1) is 0 Å². The van der Waals surface area contributed by atoms with Crippen molar-refractivity contribution in [2.24, 2.45) is 39.9 Å². The van der Waals surface area contributed by atoms with E-state index in [-0.39, 0.29) is 31.5 Å². The predicted octanol–water partition coefficient (Wildman–Crippen LogP) is 0.654. The molecule has 0 unspecified atom stereocenters. The third kappa shape index (κ3) is 2.43.